The number of carbonyl (C=O) groups is 1. The first kappa shape index (κ1) is 22.6. The zero-order chi connectivity index (χ0) is 22.4. The zero-order valence-corrected chi connectivity index (χ0v) is 17.4. The second-order valence-corrected chi connectivity index (χ2v) is 7.55. The molecule has 0 saturated carbocycles. The van der Waals surface area contributed by atoms with Crippen molar-refractivity contribution in [3.63, 3.8) is 0 Å². The molecule has 12 nitrogen and oxygen atoms in total. The molecule has 1 fully saturated rings. The molecule has 2 heterocycles. The molecule has 1 aromatic heterocycles. The summed E-state index contributed by atoms with van der Waals surface area (Å²) in [6, 6.07) is 6.59. The van der Waals surface area contributed by atoms with E-state index < -0.39 is 5.91 Å². The lowest BCUT2D eigenvalue weighted by atomic mass is 10.0. The zero-order valence-electron chi connectivity index (χ0n) is 17.4. The molecular formula is C19H31N11O. The monoisotopic (exact) mass is 429 g/mol. The summed E-state index contributed by atoms with van der Waals surface area (Å²) in [6.07, 6.45) is 0.748. The van der Waals surface area contributed by atoms with Crippen LogP contribution >= 0.6 is 0 Å². The summed E-state index contributed by atoms with van der Waals surface area (Å²) in [5.41, 5.74) is 30.3. The first-order chi connectivity index (χ1) is 14.9. The highest BCUT2D eigenvalue weighted by Gasteiger charge is 2.26. The first-order valence-electron chi connectivity index (χ1n) is 10.2. The van der Waals surface area contributed by atoms with E-state index in [1.165, 1.54) is 0 Å². The molecule has 31 heavy (non-hydrogen) atoms. The van der Waals surface area contributed by atoms with E-state index in [4.69, 9.17) is 28.7 Å². The van der Waals surface area contributed by atoms with Crippen molar-refractivity contribution in [1.82, 2.24) is 15.0 Å². The van der Waals surface area contributed by atoms with E-state index in [9.17, 15) is 4.79 Å². The van der Waals surface area contributed by atoms with E-state index in [2.05, 4.69) is 20.3 Å². The van der Waals surface area contributed by atoms with Crippen LogP contribution in [0.3, 0.4) is 0 Å². The van der Waals surface area contributed by atoms with Gasteiger partial charge in [0, 0.05) is 62.6 Å². The Bertz CT molecular complexity index is 860. The van der Waals surface area contributed by atoms with E-state index in [0.717, 1.165) is 6.42 Å². The third kappa shape index (κ3) is 5.98. The fourth-order valence-electron chi connectivity index (χ4n) is 3.50. The SMILES string of the molecule is NCCN(CCN)c1nc(Nc2ccc(C(N)=O)cc2)nc(N2C[C@H](N)C[C@H](N)C2)n1. The lowest BCUT2D eigenvalue weighted by Gasteiger charge is -2.35. The molecule has 3 rings (SSSR count). The number of nitrogens with one attached hydrogen (secondary N) is 1. The number of nitrogens with two attached hydrogens (primary N) is 5. The van der Waals surface area contributed by atoms with Crippen molar-refractivity contribution >= 4 is 29.4 Å². The molecule has 0 spiro atoms. The van der Waals surface area contributed by atoms with Crippen molar-refractivity contribution in [2.45, 2.75) is 18.5 Å². The number of hydrogen-bond donors (Lipinski definition) is 6. The molecule has 1 aromatic carbocycles. The molecule has 0 aliphatic carbocycles. The Hall–Kier alpha value is -3.06. The number of primary amides is 1. The van der Waals surface area contributed by atoms with Gasteiger partial charge in [-0.15, -0.1) is 0 Å². The summed E-state index contributed by atoms with van der Waals surface area (Å²) in [5, 5.41) is 3.16. The van der Waals surface area contributed by atoms with Gasteiger partial charge in [-0.2, -0.15) is 15.0 Å². The number of anilines is 4. The molecule has 2 atom stereocenters. The van der Waals surface area contributed by atoms with Crippen molar-refractivity contribution in [3.05, 3.63) is 29.8 Å². The number of rotatable bonds is 9. The van der Waals surface area contributed by atoms with Crippen molar-refractivity contribution < 1.29 is 4.79 Å². The molecule has 0 radical (unpaired) electrons. The number of carbonyl (C=O) groups excluding carboxylic acids is 1. The average molecular weight is 430 g/mol. The number of benzene rings is 1. The lowest BCUT2D eigenvalue weighted by molar-refractivity contribution is 0.100. The van der Waals surface area contributed by atoms with E-state index in [1.54, 1.807) is 24.3 Å². The number of piperidine rings is 1. The van der Waals surface area contributed by atoms with Gasteiger partial charge in [0.05, 0.1) is 0 Å². The smallest absolute Gasteiger partial charge is 0.248 e. The quantitative estimate of drug-likeness (QED) is 0.265. The third-order valence-electron chi connectivity index (χ3n) is 4.92. The van der Waals surface area contributed by atoms with Crippen LogP contribution in [0.15, 0.2) is 24.3 Å². The molecule has 1 saturated heterocycles. The predicted octanol–water partition coefficient (Wildman–Crippen LogP) is -1.70. The minimum atomic E-state index is -0.492. The molecule has 1 aliphatic rings. The third-order valence-corrected chi connectivity index (χ3v) is 4.92. The van der Waals surface area contributed by atoms with Gasteiger partial charge < -0.3 is 43.8 Å². The summed E-state index contributed by atoms with van der Waals surface area (Å²) in [6.45, 7) is 3.14. The molecule has 168 valence electrons. The fourth-order valence-corrected chi connectivity index (χ4v) is 3.50. The minimum Gasteiger partial charge on any atom is -0.366 e. The molecule has 12 heteroatoms. The standard InChI is InChI=1S/C19H31N11O/c20-5-7-29(8-6-21)18-26-17(25-15-3-1-12(2-4-15)16(24)31)27-19(28-18)30-10-13(22)9-14(23)11-30/h1-4,13-14H,5-11,20-23H2,(H2,24,31)(H,25,26,27,28)/t13-,14+. The average Bonchev–Trinajstić information content (AvgIpc) is 2.73. The summed E-state index contributed by atoms with van der Waals surface area (Å²) in [7, 11) is 0. The number of amides is 1. The van der Waals surface area contributed by atoms with Gasteiger partial charge in [0.2, 0.25) is 23.8 Å². The highest BCUT2D eigenvalue weighted by Crippen LogP contribution is 2.22. The van der Waals surface area contributed by atoms with Crippen molar-refractivity contribution in [1.29, 1.82) is 0 Å². The van der Waals surface area contributed by atoms with Crippen LogP contribution in [-0.2, 0) is 0 Å². The molecule has 2 aromatic rings. The van der Waals surface area contributed by atoms with Crippen LogP contribution in [0.1, 0.15) is 16.8 Å². The fraction of sp³-hybridized carbons (Fsp3) is 0.474. The lowest BCUT2D eigenvalue weighted by Crippen LogP contribution is -2.53. The second kappa shape index (κ2) is 10.3. The van der Waals surface area contributed by atoms with Gasteiger partial charge in [0.1, 0.15) is 0 Å². The van der Waals surface area contributed by atoms with Crippen LogP contribution in [0.4, 0.5) is 23.5 Å². The Labute approximate surface area is 181 Å². The van der Waals surface area contributed by atoms with Gasteiger partial charge >= 0.3 is 0 Å². The van der Waals surface area contributed by atoms with Crippen LogP contribution in [-0.4, -0.2) is 72.2 Å². The molecule has 11 N–H and O–H groups in total. The second-order valence-electron chi connectivity index (χ2n) is 7.55. The van der Waals surface area contributed by atoms with E-state index in [1.807, 2.05) is 9.80 Å². The van der Waals surface area contributed by atoms with Gasteiger partial charge in [0.25, 0.3) is 0 Å². The van der Waals surface area contributed by atoms with Gasteiger partial charge in [-0.05, 0) is 30.7 Å². The van der Waals surface area contributed by atoms with E-state index >= 15 is 0 Å². The minimum absolute atomic E-state index is 0.0640. The summed E-state index contributed by atoms with van der Waals surface area (Å²) in [5.74, 6) is 0.794. The predicted molar refractivity (Wildman–Crippen MR) is 121 cm³/mol. The maximum Gasteiger partial charge on any atom is 0.248 e. The number of aromatic nitrogens is 3. The Morgan fingerprint density at radius 2 is 1.65 bits per heavy atom. The number of nitrogens with zero attached hydrogens (tertiary/aromatic N) is 5. The molecule has 1 aliphatic heterocycles. The van der Waals surface area contributed by atoms with Crippen LogP contribution < -0.4 is 43.8 Å². The molecule has 0 bridgehead atoms. The molecule has 0 unspecified atom stereocenters. The number of hydrogen-bond acceptors (Lipinski definition) is 11. The van der Waals surface area contributed by atoms with Crippen molar-refractivity contribution in [2.75, 3.05) is 54.4 Å². The Kier molecular flexibility index (Phi) is 7.52. The Morgan fingerprint density at radius 3 is 2.19 bits per heavy atom. The van der Waals surface area contributed by atoms with Crippen molar-refractivity contribution in [2.24, 2.45) is 28.7 Å². The van der Waals surface area contributed by atoms with Crippen LogP contribution in [0.5, 0.6) is 0 Å². The Morgan fingerprint density at radius 1 is 1.03 bits per heavy atom. The molecular weight excluding hydrogens is 398 g/mol. The first-order valence-corrected chi connectivity index (χ1v) is 10.2. The Balaban J connectivity index is 1.94. The van der Waals surface area contributed by atoms with E-state index in [-0.39, 0.29) is 12.1 Å². The van der Waals surface area contributed by atoms with Crippen LogP contribution in [0.2, 0.25) is 0 Å². The van der Waals surface area contributed by atoms with Crippen LogP contribution in [0.25, 0.3) is 0 Å². The summed E-state index contributed by atoms with van der Waals surface area (Å²) >= 11 is 0. The summed E-state index contributed by atoms with van der Waals surface area (Å²) in [4.78, 5) is 29.0. The largest absolute Gasteiger partial charge is 0.366 e. The van der Waals surface area contributed by atoms with Crippen LogP contribution in [0, 0.1) is 0 Å². The van der Waals surface area contributed by atoms with Crippen molar-refractivity contribution in [3.8, 4) is 0 Å². The normalized spacial score (nSPS) is 18.6. The topological polar surface area (TPSA) is 204 Å². The highest BCUT2D eigenvalue weighted by atomic mass is 16.1. The highest BCUT2D eigenvalue weighted by molar-refractivity contribution is 5.93. The maximum atomic E-state index is 11.3. The van der Waals surface area contributed by atoms with E-state index in [0.29, 0.717) is 68.4 Å². The molecule has 1 amide bonds. The van der Waals surface area contributed by atoms with Gasteiger partial charge in [-0.3, -0.25) is 4.79 Å². The maximum absolute atomic E-state index is 11.3. The van der Waals surface area contributed by atoms with Gasteiger partial charge in [-0.1, -0.05) is 0 Å². The van der Waals surface area contributed by atoms with Gasteiger partial charge in [-0.25, -0.2) is 0 Å². The summed E-state index contributed by atoms with van der Waals surface area (Å²) < 4.78 is 0. The van der Waals surface area contributed by atoms with Gasteiger partial charge in [0.15, 0.2) is 0 Å².